The second-order valence-electron chi connectivity index (χ2n) is 2.82. The van der Waals surface area contributed by atoms with Crippen LogP contribution in [0.3, 0.4) is 0 Å². The molecule has 0 spiro atoms. The molecule has 0 bridgehead atoms. The Morgan fingerprint density at radius 1 is 1.24 bits per heavy atom. The molecule has 2 unspecified atom stereocenters. The van der Waals surface area contributed by atoms with Gasteiger partial charge in [-0.25, -0.2) is 4.18 Å². The predicted octanol–water partition coefficient (Wildman–Crippen LogP) is 0.0438. The summed E-state index contributed by atoms with van der Waals surface area (Å²) in [4.78, 5) is 0. The van der Waals surface area contributed by atoms with Crippen LogP contribution in [-0.2, 0) is 37.7 Å². The van der Waals surface area contributed by atoms with E-state index < -0.39 is 39.9 Å². The molecule has 0 aliphatic heterocycles. The quantitative estimate of drug-likeness (QED) is 0.456. The molecule has 2 atom stereocenters. The monoisotopic (exact) mass is 309 g/mol. The van der Waals surface area contributed by atoms with E-state index in [1.807, 2.05) is 0 Å². The molecule has 0 heterocycles. The second kappa shape index (κ2) is 6.72. The molecule has 0 aliphatic rings. The van der Waals surface area contributed by atoms with Crippen LogP contribution in [0.2, 0.25) is 0 Å². The van der Waals surface area contributed by atoms with Crippen molar-refractivity contribution in [1.82, 2.24) is 0 Å². The third-order valence-electron chi connectivity index (χ3n) is 1.41. The zero-order chi connectivity index (χ0) is 13.7. The van der Waals surface area contributed by atoms with Crippen molar-refractivity contribution in [2.75, 3.05) is 26.1 Å². The van der Waals surface area contributed by atoms with Crippen LogP contribution in [0.4, 0.5) is 0 Å². The van der Waals surface area contributed by atoms with Crippen molar-refractivity contribution < 1.29 is 34.3 Å². The smallest absolute Gasteiger partial charge is 0.271 e. The van der Waals surface area contributed by atoms with Gasteiger partial charge in [-0.2, -0.15) is 16.8 Å². The molecule has 8 nitrogen and oxygen atoms in total. The Kier molecular flexibility index (Phi) is 6.67. The first kappa shape index (κ1) is 16.9. The van der Waals surface area contributed by atoms with Crippen molar-refractivity contribution in [3.8, 4) is 0 Å². The van der Waals surface area contributed by atoms with Crippen molar-refractivity contribution in [3.63, 3.8) is 0 Å². The van der Waals surface area contributed by atoms with Gasteiger partial charge in [0.05, 0.1) is 20.0 Å². The third-order valence-corrected chi connectivity index (χ3v) is 4.91. The third kappa shape index (κ3) is 7.02. The van der Waals surface area contributed by atoms with Crippen molar-refractivity contribution in [2.45, 2.75) is 12.4 Å². The Balaban J connectivity index is 4.95. The van der Waals surface area contributed by atoms with E-state index in [0.29, 0.717) is 6.26 Å². The van der Waals surface area contributed by atoms with Crippen LogP contribution in [0.15, 0.2) is 0 Å². The van der Waals surface area contributed by atoms with Gasteiger partial charge in [-0.3, -0.25) is 4.18 Å². The van der Waals surface area contributed by atoms with Gasteiger partial charge in [0.25, 0.3) is 10.1 Å². The fourth-order valence-corrected chi connectivity index (χ4v) is 4.18. The van der Waals surface area contributed by atoms with Crippen LogP contribution < -0.4 is 0 Å². The van der Waals surface area contributed by atoms with Crippen LogP contribution in [-0.4, -0.2) is 48.4 Å². The Hall–Kier alpha value is -0.120. The molecular formula is C6H14O8PS2+. The molecule has 0 aliphatic carbocycles. The Morgan fingerprint density at radius 3 is 2.12 bits per heavy atom. The lowest BCUT2D eigenvalue weighted by Gasteiger charge is -2.10. The van der Waals surface area contributed by atoms with E-state index in [9.17, 15) is 21.4 Å². The van der Waals surface area contributed by atoms with Gasteiger partial charge in [0.2, 0.25) is 11.6 Å². The highest BCUT2D eigenvalue weighted by Crippen LogP contribution is 2.27. The Labute approximate surface area is 101 Å². The molecule has 17 heavy (non-hydrogen) atoms. The molecule has 102 valence electrons. The number of rotatable bonds is 8. The van der Waals surface area contributed by atoms with E-state index in [0.717, 1.165) is 7.11 Å². The van der Waals surface area contributed by atoms with Gasteiger partial charge in [0.15, 0.2) is 0 Å². The first-order chi connectivity index (χ1) is 7.62. The number of hydrogen-bond acceptors (Lipinski definition) is 8. The fourth-order valence-electron chi connectivity index (χ4n) is 0.791. The molecule has 0 fully saturated rings. The average Bonchev–Trinajstić information content (AvgIpc) is 2.15. The summed E-state index contributed by atoms with van der Waals surface area (Å²) in [5.74, 6) is 0. The van der Waals surface area contributed by atoms with E-state index in [4.69, 9.17) is 0 Å². The predicted molar refractivity (Wildman–Crippen MR) is 59.7 cm³/mol. The van der Waals surface area contributed by atoms with Crippen molar-refractivity contribution in [1.29, 1.82) is 0 Å². The van der Waals surface area contributed by atoms with Gasteiger partial charge >= 0.3 is 18.1 Å². The first-order valence-corrected chi connectivity index (χ1v) is 9.02. The van der Waals surface area contributed by atoms with Gasteiger partial charge < -0.3 is 0 Å². The minimum atomic E-state index is -4.27. The van der Waals surface area contributed by atoms with Crippen molar-refractivity contribution in [3.05, 3.63) is 0 Å². The molecular weight excluding hydrogens is 295 g/mol. The largest absolute Gasteiger partial charge is 0.512 e. The van der Waals surface area contributed by atoms with Gasteiger partial charge in [-0.05, 0) is 11.5 Å². The zero-order valence-corrected chi connectivity index (χ0v) is 12.0. The van der Waals surface area contributed by atoms with E-state index in [1.54, 1.807) is 6.92 Å². The van der Waals surface area contributed by atoms with E-state index in [-0.39, 0.29) is 6.61 Å². The first-order valence-electron chi connectivity index (χ1n) is 4.37. The highest BCUT2D eigenvalue weighted by molar-refractivity contribution is 7.89. The lowest BCUT2D eigenvalue weighted by atomic mass is 10.9. The van der Waals surface area contributed by atoms with Crippen LogP contribution in [0, 0.1) is 0 Å². The second-order valence-corrected chi connectivity index (χ2v) is 7.56. The lowest BCUT2D eigenvalue weighted by molar-refractivity contribution is 0.263. The summed E-state index contributed by atoms with van der Waals surface area (Å²) >= 11 is 0. The van der Waals surface area contributed by atoms with Crippen LogP contribution in [0.1, 0.15) is 6.92 Å². The SMILES string of the molecule is CCO[P+](=O)CC(OS(C)(=O)=O)S(=O)(=O)OC. The normalized spacial score (nSPS) is 15.6. The molecule has 0 radical (unpaired) electrons. The summed E-state index contributed by atoms with van der Waals surface area (Å²) in [5, 5.41) is 0. The maximum atomic E-state index is 11.3. The molecule has 0 aromatic carbocycles. The summed E-state index contributed by atoms with van der Waals surface area (Å²) in [5.41, 5.74) is -1.88. The molecule has 0 amide bonds. The van der Waals surface area contributed by atoms with Crippen LogP contribution >= 0.6 is 8.03 Å². The fraction of sp³-hybridized carbons (Fsp3) is 1.00. The lowest BCUT2D eigenvalue weighted by Crippen LogP contribution is -2.30. The van der Waals surface area contributed by atoms with Crippen LogP contribution in [0.5, 0.6) is 0 Å². The maximum Gasteiger partial charge on any atom is 0.512 e. The zero-order valence-electron chi connectivity index (χ0n) is 9.52. The van der Waals surface area contributed by atoms with Gasteiger partial charge in [0, 0.05) is 0 Å². The summed E-state index contributed by atoms with van der Waals surface area (Å²) in [6.07, 6.45) is 0.0609. The van der Waals surface area contributed by atoms with E-state index >= 15 is 0 Å². The molecule has 11 heteroatoms. The molecule has 0 aromatic heterocycles. The summed E-state index contributed by atoms with van der Waals surface area (Å²) < 4.78 is 68.7. The van der Waals surface area contributed by atoms with Gasteiger partial charge in [0.1, 0.15) is 0 Å². The highest BCUT2D eigenvalue weighted by Gasteiger charge is 2.38. The topological polar surface area (TPSA) is 113 Å². The standard InChI is InChI=1S/C6H14O8PS2/c1-4-13-15(7)5-6(14-16(3,8)9)17(10,11)12-2/h6H,4-5H2,1-3H3/q+1. The molecule has 0 aromatic rings. The van der Waals surface area contributed by atoms with E-state index in [1.165, 1.54) is 0 Å². The highest BCUT2D eigenvalue weighted by atomic mass is 32.2. The molecule has 0 rings (SSSR count). The van der Waals surface area contributed by atoms with Crippen molar-refractivity contribution in [2.24, 2.45) is 0 Å². The molecule has 0 saturated carbocycles. The van der Waals surface area contributed by atoms with Gasteiger partial charge in [-0.1, -0.05) is 0 Å². The summed E-state index contributed by atoms with van der Waals surface area (Å²) in [7, 11) is -9.79. The van der Waals surface area contributed by atoms with Crippen LogP contribution in [0.25, 0.3) is 0 Å². The van der Waals surface area contributed by atoms with E-state index in [2.05, 4.69) is 12.9 Å². The molecule has 0 saturated heterocycles. The maximum absolute atomic E-state index is 11.3. The Bertz CT molecular complexity index is 452. The minimum Gasteiger partial charge on any atom is -0.271 e. The summed E-state index contributed by atoms with van der Waals surface area (Å²) in [6.45, 7) is 1.66. The van der Waals surface area contributed by atoms with Gasteiger partial charge in [-0.15, -0.1) is 4.52 Å². The summed E-state index contributed by atoms with van der Waals surface area (Å²) in [6, 6.07) is 0. The van der Waals surface area contributed by atoms with Crippen molar-refractivity contribution >= 4 is 28.3 Å². The Morgan fingerprint density at radius 2 is 1.76 bits per heavy atom. The average molecular weight is 309 g/mol. The number of hydrogen-bond donors (Lipinski definition) is 0. The molecule has 0 N–H and O–H groups in total. The minimum absolute atomic E-state index is 0.105.